The van der Waals surface area contributed by atoms with Crippen molar-refractivity contribution in [3.8, 4) is 39.1 Å². The van der Waals surface area contributed by atoms with Crippen LogP contribution in [-0.4, -0.2) is 4.57 Å². The number of thiophene rings is 1. The number of benzene rings is 10. The van der Waals surface area contributed by atoms with Gasteiger partial charge in [0.2, 0.25) is 0 Å². The average molecular weight is 835 g/mol. The van der Waals surface area contributed by atoms with E-state index >= 15 is 0 Å². The normalized spacial score (nSPS) is 11.8. The first-order valence-corrected chi connectivity index (χ1v) is 22.6. The molecule has 0 amide bonds. The number of para-hydroxylation sites is 4. The van der Waals surface area contributed by atoms with Crippen molar-refractivity contribution in [3.63, 3.8) is 0 Å². The molecule has 0 N–H and O–H groups in total. The molecule has 3 aromatic heterocycles. The molecule has 4 heteroatoms. The van der Waals surface area contributed by atoms with Gasteiger partial charge in [-0.3, -0.25) is 0 Å². The zero-order chi connectivity index (χ0) is 42.1. The number of nitrogens with zero attached hydrogens (tertiary/aromatic N) is 2. The Hall–Kier alpha value is -8.18. The van der Waals surface area contributed by atoms with E-state index in [4.69, 9.17) is 4.42 Å². The van der Waals surface area contributed by atoms with Crippen LogP contribution in [0.4, 0.5) is 17.1 Å². The van der Waals surface area contributed by atoms with Crippen LogP contribution in [0.1, 0.15) is 0 Å². The summed E-state index contributed by atoms with van der Waals surface area (Å²) in [5.74, 6) is 0. The van der Waals surface area contributed by atoms with E-state index in [-0.39, 0.29) is 0 Å². The van der Waals surface area contributed by atoms with Gasteiger partial charge in [0.25, 0.3) is 0 Å². The predicted octanol–water partition coefficient (Wildman–Crippen LogP) is 17.5. The summed E-state index contributed by atoms with van der Waals surface area (Å²) in [6.07, 6.45) is 0. The smallest absolute Gasteiger partial charge is 0.143 e. The highest BCUT2D eigenvalue weighted by molar-refractivity contribution is 7.25. The fraction of sp³-hybridized carbons (Fsp3) is 0. The van der Waals surface area contributed by atoms with Crippen LogP contribution in [0.5, 0.6) is 0 Å². The summed E-state index contributed by atoms with van der Waals surface area (Å²) < 4.78 is 11.7. The van der Waals surface area contributed by atoms with E-state index in [2.05, 4.69) is 234 Å². The van der Waals surface area contributed by atoms with Crippen LogP contribution >= 0.6 is 11.3 Å². The first-order chi connectivity index (χ1) is 31.7. The lowest BCUT2D eigenvalue weighted by Crippen LogP contribution is -2.10. The first kappa shape index (κ1) is 36.5. The summed E-state index contributed by atoms with van der Waals surface area (Å²) in [7, 11) is 0. The molecular formula is C60H38N2OS. The molecule has 0 spiro atoms. The Morgan fingerprint density at radius 3 is 1.83 bits per heavy atom. The van der Waals surface area contributed by atoms with E-state index < -0.39 is 0 Å². The van der Waals surface area contributed by atoms with Crippen LogP contribution in [-0.2, 0) is 0 Å². The number of hydrogen-bond donors (Lipinski definition) is 0. The van der Waals surface area contributed by atoms with Gasteiger partial charge in [-0.05, 0) is 107 Å². The second kappa shape index (κ2) is 14.7. The van der Waals surface area contributed by atoms with E-state index in [1.54, 1.807) is 0 Å². The first-order valence-electron chi connectivity index (χ1n) is 21.7. The number of fused-ring (bicyclic) bond motifs is 9. The zero-order valence-corrected chi connectivity index (χ0v) is 35.5. The molecule has 3 heterocycles. The molecular weight excluding hydrogens is 797 g/mol. The van der Waals surface area contributed by atoms with Crippen LogP contribution in [0, 0.1) is 0 Å². The third kappa shape index (κ3) is 5.95. The quantitative estimate of drug-likeness (QED) is 0.159. The highest BCUT2D eigenvalue weighted by atomic mass is 32.1. The maximum Gasteiger partial charge on any atom is 0.143 e. The van der Waals surface area contributed by atoms with Gasteiger partial charge in [0.15, 0.2) is 0 Å². The van der Waals surface area contributed by atoms with Crippen LogP contribution in [0.15, 0.2) is 235 Å². The Morgan fingerprint density at radius 2 is 0.969 bits per heavy atom. The Labute approximate surface area is 373 Å². The number of anilines is 3. The van der Waals surface area contributed by atoms with E-state index in [0.717, 1.165) is 66.9 Å². The number of furan rings is 1. The molecule has 0 atom stereocenters. The predicted molar refractivity (Wildman–Crippen MR) is 272 cm³/mol. The van der Waals surface area contributed by atoms with Gasteiger partial charge in [0.05, 0.1) is 11.0 Å². The van der Waals surface area contributed by atoms with Crippen molar-refractivity contribution in [1.29, 1.82) is 0 Å². The summed E-state index contributed by atoms with van der Waals surface area (Å²) >= 11 is 1.85. The van der Waals surface area contributed by atoms with Gasteiger partial charge in [0.1, 0.15) is 11.2 Å². The third-order valence-corrected chi connectivity index (χ3v) is 13.9. The van der Waals surface area contributed by atoms with Crippen molar-refractivity contribution < 1.29 is 4.42 Å². The van der Waals surface area contributed by atoms with Crippen molar-refractivity contribution in [2.24, 2.45) is 0 Å². The standard InChI is InChI=1S/C60H38N2OS/c1-3-14-39(15-4-1)40-26-29-45(30-27-40)61(46-31-33-53-52-20-9-12-25-58(52)64-59(53)38-46)47-35-42(34-43(36-47)48-21-13-22-54-51-19-8-11-24-57(51)63-60(48)54)41-28-32-50-49-18-7-10-23-55(49)62(56(50)37-41)44-16-5-2-6-17-44/h1-38H. The largest absolute Gasteiger partial charge is 0.455 e. The summed E-state index contributed by atoms with van der Waals surface area (Å²) in [5.41, 5.74) is 15.2. The lowest BCUT2D eigenvalue weighted by Gasteiger charge is -2.27. The van der Waals surface area contributed by atoms with Crippen LogP contribution in [0.2, 0.25) is 0 Å². The Kier molecular flexibility index (Phi) is 8.40. The molecule has 10 aromatic carbocycles. The van der Waals surface area contributed by atoms with Gasteiger partial charge in [-0.15, -0.1) is 11.3 Å². The molecule has 0 saturated heterocycles. The van der Waals surface area contributed by atoms with Gasteiger partial charge in [0, 0.05) is 70.0 Å². The molecule has 0 saturated carbocycles. The Balaban J connectivity index is 1.07. The van der Waals surface area contributed by atoms with Gasteiger partial charge >= 0.3 is 0 Å². The van der Waals surface area contributed by atoms with E-state index in [0.29, 0.717) is 0 Å². The van der Waals surface area contributed by atoms with E-state index in [1.165, 1.54) is 53.1 Å². The molecule has 300 valence electrons. The van der Waals surface area contributed by atoms with Crippen LogP contribution in [0.25, 0.3) is 103 Å². The maximum atomic E-state index is 6.73. The number of hydrogen-bond acceptors (Lipinski definition) is 3. The minimum Gasteiger partial charge on any atom is -0.455 e. The molecule has 0 aliphatic rings. The number of rotatable bonds is 7. The highest BCUT2D eigenvalue weighted by Gasteiger charge is 2.21. The number of aromatic nitrogens is 1. The molecule has 64 heavy (non-hydrogen) atoms. The van der Waals surface area contributed by atoms with Gasteiger partial charge in [-0.2, -0.15) is 0 Å². The molecule has 0 aliphatic carbocycles. The monoisotopic (exact) mass is 834 g/mol. The van der Waals surface area contributed by atoms with Crippen molar-refractivity contribution in [3.05, 3.63) is 231 Å². The summed E-state index contributed by atoms with van der Waals surface area (Å²) in [5, 5.41) is 7.25. The minimum atomic E-state index is 0.886. The van der Waals surface area contributed by atoms with Gasteiger partial charge in [-0.1, -0.05) is 152 Å². The topological polar surface area (TPSA) is 21.3 Å². The molecule has 13 rings (SSSR count). The van der Waals surface area contributed by atoms with Crippen molar-refractivity contribution in [2.45, 2.75) is 0 Å². The molecule has 3 nitrogen and oxygen atoms in total. The summed E-state index contributed by atoms with van der Waals surface area (Å²) in [6, 6.07) is 83.6. The lowest BCUT2D eigenvalue weighted by molar-refractivity contribution is 0.670. The second-order valence-corrected chi connectivity index (χ2v) is 17.6. The van der Waals surface area contributed by atoms with E-state index in [1.807, 2.05) is 17.4 Å². The van der Waals surface area contributed by atoms with Crippen LogP contribution < -0.4 is 4.90 Å². The summed E-state index contributed by atoms with van der Waals surface area (Å²) in [6.45, 7) is 0. The highest BCUT2D eigenvalue weighted by Crippen LogP contribution is 2.45. The molecule has 0 unspecified atom stereocenters. The molecule has 0 bridgehead atoms. The van der Waals surface area contributed by atoms with Gasteiger partial charge in [-0.25, -0.2) is 0 Å². The fourth-order valence-electron chi connectivity index (χ4n) is 9.78. The molecule has 13 aromatic rings. The fourth-order valence-corrected chi connectivity index (χ4v) is 10.9. The average Bonchev–Trinajstić information content (AvgIpc) is 4.04. The Bertz CT molecular complexity index is 3900. The molecule has 0 aliphatic heterocycles. The van der Waals surface area contributed by atoms with Crippen LogP contribution in [0.3, 0.4) is 0 Å². The van der Waals surface area contributed by atoms with Crippen molar-refractivity contribution >= 4 is 92.3 Å². The third-order valence-electron chi connectivity index (χ3n) is 12.8. The molecule has 0 fully saturated rings. The lowest BCUT2D eigenvalue weighted by atomic mass is 9.95. The SMILES string of the molecule is c1ccc(-c2ccc(N(c3cc(-c4ccc5c6ccccc6n(-c6ccccc6)c5c4)cc(-c4cccc5c4oc4ccccc45)c3)c3ccc4c(c3)sc3ccccc34)cc2)cc1. The minimum absolute atomic E-state index is 0.886. The second-order valence-electron chi connectivity index (χ2n) is 16.5. The Morgan fingerprint density at radius 1 is 0.344 bits per heavy atom. The van der Waals surface area contributed by atoms with Gasteiger partial charge < -0.3 is 13.9 Å². The van der Waals surface area contributed by atoms with E-state index in [9.17, 15) is 0 Å². The maximum absolute atomic E-state index is 6.73. The summed E-state index contributed by atoms with van der Waals surface area (Å²) in [4.78, 5) is 2.42. The van der Waals surface area contributed by atoms with Crippen molar-refractivity contribution in [2.75, 3.05) is 4.90 Å². The van der Waals surface area contributed by atoms with Crippen molar-refractivity contribution in [1.82, 2.24) is 4.57 Å². The molecule has 0 radical (unpaired) electrons. The zero-order valence-electron chi connectivity index (χ0n) is 34.7.